The molecular formula is C11H25NOS. The smallest absolute Gasteiger partial charge is 0.0470 e. The Morgan fingerprint density at radius 1 is 1.36 bits per heavy atom. The summed E-state index contributed by atoms with van der Waals surface area (Å²) in [4.78, 5) is 0. The molecule has 0 heterocycles. The molecule has 0 radical (unpaired) electrons. The van der Waals surface area contributed by atoms with Gasteiger partial charge in [-0.1, -0.05) is 13.8 Å². The lowest BCUT2D eigenvalue weighted by atomic mass is 10.2. The Morgan fingerprint density at radius 3 is 2.64 bits per heavy atom. The Balaban J connectivity index is 3.30. The van der Waals surface area contributed by atoms with Gasteiger partial charge in [-0.25, -0.2) is 0 Å². The van der Waals surface area contributed by atoms with Gasteiger partial charge in [-0.15, -0.1) is 0 Å². The summed E-state index contributed by atoms with van der Waals surface area (Å²) in [7, 11) is 1.77. The second-order valence-electron chi connectivity index (χ2n) is 3.72. The molecule has 0 amide bonds. The van der Waals surface area contributed by atoms with Crippen LogP contribution in [0.15, 0.2) is 0 Å². The van der Waals surface area contributed by atoms with E-state index in [1.165, 1.54) is 18.6 Å². The average Bonchev–Trinajstić information content (AvgIpc) is 2.13. The van der Waals surface area contributed by atoms with Gasteiger partial charge in [0, 0.05) is 25.0 Å². The summed E-state index contributed by atoms with van der Waals surface area (Å²) >= 11 is 2.05. The van der Waals surface area contributed by atoms with Crippen molar-refractivity contribution in [3.05, 3.63) is 0 Å². The highest BCUT2D eigenvalue weighted by Gasteiger charge is 2.07. The standard InChI is InChI=1S/C11H25NOS/c1-5-12-10(2)9-11(3)14-8-6-7-13-4/h10-12H,5-9H2,1-4H3. The second-order valence-corrected chi connectivity index (χ2v) is 5.27. The molecule has 0 saturated heterocycles. The van der Waals surface area contributed by atoms with Crippen LogP contribution in [0.5, 0.6) is 0 Å². The number of methoxy groups -OCH3 is 1. The van der Waals surface area contributed by atoms with Gasteiger partial charge in [0.2, 0.25) is 0 Å². The lowest BCUT2D eigenvalue weighted by Crippen LogP contribution is -2.28. The Hall–Kier alpha value is 0.270. The molecule has 1 N–H and O–H groups in total. The normalized spacial score (nSPS) is 15.4. The number of hydrogen-bond donors (Lipinski definition) is 1. The zero-order valence-corrected chi connectivity index (χ0v) is 10.8. The van der Waals surface area contributed by atoms with Gasteiger partial charge in [0.05, 0.1) is 0 Å². The van der Waals surface area contributed by atoms with Crippen molar-refractivity contribution in [2.75, 3.05) is 26.0 Å². The third-order valence-corrected chi connectivity index (χ3v) is 3.42. The van der Waals surface area contributed by atoms with Crippen molar-refractivity contribution in [1.29, 1.82) is 0 Å². The molecule has 0 aromatic carbocycles. The minimum Gasteiger partial charge on any atom is -0.385 e. The Bertz CT molecular complexity index is 122. The van der Waals surface area contributed by atoms with E-state index in [0.717, 1.165) is 18.4 Å². The van der Waals surface area contributed by atoms with Crippen LogP contribution in [0.1, 0.15) is 33.6 Å². The van der Waals surface area contributed by atoms with Gasteiger partial charge in [-0.2, -0.15) is 11.8 Å². The van der Waals surface area contributed by atoms with Gasteiger partial charge in [0.15, 0.2) is 0 Å². The van der Waals surface area contributed by atoms with Crippen molar-refractivity contribution >= 4 is 11.8 Å². The molecule has 0 rings (SSSR count). The maximum atomic E-state index is 5.02. The fourth-order valence-corrected chi connectivity index (χ4v) is 2.60. The molecule has 0 aliphatic rings. The van der Waals surface area contributed by atoms with Gasteiger partial charge >= 0.3 is 0 Å². The predicted molar refractivity (Wildman–Crippen MR) is 66.2 cm³/mol. The monoisotopic (exact) mass is 219 g/mol. The van der Waals surface area contributed by atoms with Crippen LogP contribution in [-0.2, 0) is 4.74 Å². The Kier molecular flexibility index (Phi) is 10.0. The molecule has 0 saturated carbocycles. The number of rotatable bonds is 9. The van der Waals surface area contributed by atoms with E-state index >= 15 is 0 Å². The van der Waals surface area contributed by atoms with Crippen molar-refractivity contribution < 1.29 is 4.74 Å². The van der Waals surface area contributed by atoms with Crippen molar-refractivity contribution in [3.8, 4) is 0 Å². The highest BCUT2D eigenvalue weighted by Crippen LogP contribution is 2.16. The first kappa shape index (κ1) is 14.3. The maximum Gasteiger partial charge on any atom is 0.0470 e. The van der Waals surface area contributed by atoms with Crippen LogP contribution < -0.4 is 5.32 Å². The fourth-order valence-electron chi connectivity index (χ4n) is 1.49. The van der Waals surface area contributed by atoms with E-state index in [4.69, 9.17) is 4.74 Å². The second kappa shape index (κ2) is 9.81. The molecule has 3 heteroatoms. The number of hydrogen-bond acceptors (Lipinski definition) is 3. The van der Waals surface area contributed by atoms with Crippen LogP contribution in [-0.4, -0.2) is 37.3 Å². The van der Waals surface area contributed by atoms with E-state index in [9.17, 15) is 0 Å². The predicted octanol–water partition coefficient (Wildman–Crippen LogP) is 2.53. The Morgan fingerprint density at radius 2 is 2.07 bits per heavy atom. The molecule has 0 aliphatic carbocycles. The molecule has 0 spiro atoms. The van der Waals surface area contributed by atoms with Crippen molar-refractivity contribution in [2.24, 2.45) is 0 Å². The molecule has 0 bridgehead atoms. The van der Waals surface area contributed by atoms with E-state index < -0.39 is 0 Å². The molecule has 0 aromatic rings. The summed E-state index contributed by atoms with van der Waals surface area (Å²) in [5.74, 6) is 1.22. The van der Waals surface area contributed by atoms with Gasteiger partial charge in [-0.05, 0) is 32.1 Å². The number of ether oxygens (including phenoxy) is 1. The minimum absolute atomic E-state index is 0.643. The van der Waals surface area contributed by atoms with Gasteiger partial charge < -0.3 is 10.1 Å². The largest absolute Gasteiger partial charge is 0.385 e. The van der Waals surface area contributed by atoms with E-state index in [1.54, 1.807) is 7.11 Å². The van der Waals surface area contributed by atoms with Crippen LogP contribution >= 0.6 is 11.8 Å². The topological polar surface area (TPSA) is 21.3 Å². The van der Waals surface area contributed by atoms with Crippen LogP contribution in [0.3, 0.4) is 0 Å². The molecule has 0 fully saturated rings. The summed E-state index contributed by atoms with van der Waals surface area (Å²) in [6.45, 7) is 8.69. The molecule has 14 heavy (non-hydrogen) atoms. The Labute approximate surface area is 93.2 Å². The van der Waals surface area contributed by atoms with Crippen molar-refractivity contribution in [1.82, 2.24) is 5.32 Å². The van der Waals surface area contributed by atoms with Crippen molar-refractivity contribution in [3.63, 3.8) is 0 Å². The van der Waals surface area contributed by atoms with Crippen LogP contribution in [0, 0.1) is 0 Å². The molecule has 2 atom stereocenters. The zero-order valence-electron chi connectivity index (χ0n) is 10.0. The molecule has 2 nitrogen and oxygen atoms in total. The SMILES string of the molecule is CCNC(C)CC(C)SCCCOC. The number of thioether (sulfide) groups is 1. The summed E-state index contributed by atoms with van der Waals surface area (Å²) in [5.41, 5.74) is 0. The molecule has 0 aromatic heterocycles. The summed E-state index contributed by atoms with van der Waals surface area (Å²) in [6, 6.07) is 0.643. The molecule has 86 valence electrons. The fraction of sp³-hybridized carbons (Fsp3) is 1.00. The summed E-state index contributed by atoms with van der Waals surface area (Å²) < 4.78 is 5.02. The highest BCUT2D eigenvalue weighted by molar-refractivity contribution is 7.99. The maximum absolute atomic E-state index is 5.02. The van der Waals surface area contributed by atoms with Crippen LogP contribution in [0.25, 0.3) is 0 Å². The lowest BCUT2D eigenvalue weighted by Gasteiger charge is -2.17. The first-order valence-corrected chi connectivity index (χ1v) is 6.59. The summed E-state index contributed by atoms with van der Waals surface area (Å²) in [5, 5.41) is 4.19. The third-order valence-electron chi connectivity index (χ3n) is 2.13. The molecule has 2 unspecified atom stereocenters. The van der Waals surface area contributed by atoms with E-state index in [-0.39, 0.29) is 0 Å². The third kappa shape index (κ3) is 8.85. The molecule has 0 aliphatic heterocycles. The van der Waals surface area contributed by atoms with Crippen LogP contribution in [0.2, 0.25) is 0 Å². The average molecular weight is 219 g/mol. The minimum atomic E-state index is 0.643. The summed E-state index contributed by atoms with van der Waals surface area (Å²) in [6.07, 6.45) is 2.42. The van der Waals surface area contributed by atoms with Gasteiger partial charge in [0.1, 0.15) is 0 Å². The van der Waals surface area contributed by atoms with Crippen molar-refractivity contribution in [2.45, 2.75) is 44.9 Å². The first-order chi connectivity index (χ1) is 6.70. The van der Waals surface area contributed by atoms with Crippen LogP contribution in [0.4, 0.5) is 0 Å². The van der Waals surface area contributed by atoms with E-state index in [0.29, 0.717) is 6.04 Å². The zero-order chi connectivity index (χ0) is 10.8. The molecular weight excluding hydrogens is 194 g/mol. The van der Waals surface area contributed by atoms with Gasteiger partial charge in [0.25, 0.3) is 0 Å². The quantitative estimate of drug-likeness (QED) is 0.602. The lowest BCUT2D eigenvalue weighted by molar-refractivity contribution is 0.200. The first-order valence-electron chi connectivity index (χ1n) is 5.54. The van der Waals surface area contributed by atoms with E-state index in [1.807, 2.05) is 0 Å². The number of nitrogens with one attached hydrogen (secondary N) is 1. The van der Waals surface area contributed by atoms with Gasteiger partial charge in [-0.3, -0.25) is 0 Å². The highest BCUT2D eigenvalue weighted by atomic mass is 32.2. The van der Waals surface area contributed by atoms with E-state index in [2.05, 4.69) is 37.8 Å².